The van der Waals surface area contributed by atoms with Crippen molar-refractivity contribution in [1.29, 1.82) is 0 Å². The van der Waals surface area contributed by atoms with Gasteiger partial charge in [0.05, 0.1) is 13.2 Å². The average Bonchev–Trinajstić information content (AvgIpc) is 3.02. The summed E-state index contributed by atoms with van der Waals surface area (Å²) in [4.78, 5) is 4.84. The molecule has 2 saturated heterocycles. The van der Waals surface area contributed by atoms with Crippen molar-refractivity contribution >= 4 is 23.0 Å². The van der Waals surface area contributed by atoms with Crippen LogP contribution in [0.2, 0.25) is 0 Å². The lowest BCUT2D eigenvalue weighted by Gasteiger charge is -2.31. The molecular formula is C15H21ClN2O. The summed E-state index contributed by atoms with van der Waals surface area (Å²) in [5.41, 5.74) is 3.85. The Bertz CT molecular complexity index is 426. The van der Waals surface area contributed by atoms with Crippen LogP contribution in [0.3, 0.4) is 0 Å². The molecule has 2 fully saturated rings. The number of rotatable bonds is 3. The van der Waals surface area contributed by atoms with Crippen LogP contribution in [0.1, 0.15) is 18.4 Å². The third kappa shape index (κ3) is 2.82. The van der Waals surface area contributed by atoms with Crippen LogP contribution >= 0.6 is 11.6 Å². The number of morpholine rings is 1. The Hall–Kier alpha value is -0.930. The number of anilines is 2. The minimum absolute atomic E-state index is 0.578. The summed E-state index contributed by atoms with van der Waals surface area (Å²) in [5.74, 6) is 0.578. The molecule has 1 aromatic carbocycles. The van der Waals surface area contributed by atoms with Crippen LogP contribution in [0.15, 0.2) is 18.2 Å². The van der Waals surface area contributed by atoms with Crippen LogP contribution in [-0.2, 0) is 10.6 Å². The molecule has 104 valence electrons. The quantitative estimate of drug-likeness (QED) is 0.792. The van der Waals surface area contributed by atoms with Gasteiger partial charge in [0, 0.05) is 43.4 Å². The fraction of sp³-hybridized carbons (Fsp3) is 0.600. The van der Waals surface area contributed by atoms with Gasteiger partial charge in [0.25, 0.3) is 0 Å². The second-order valence-electron chi connectivity index (χ2n) is 5.24. The standard InChI is InChI=1S/C15H21ClN2O/c16-12-13-11-14(17-5-1-2-6-17)3-4-15(13)18-7-9-19-10-8-18/h3-4,11H,1-2,5-10,12H2. The molecule has 4 heteroatoms. The van der Waals surface area contributed by atoms with E-state index in [2.05, 4.69) is 28.0 Å². The number of halogens is 1. The van der Waals surface area contributed by atoms with Gasteiger partial charge in [0.15, 0.2) is 0 Å². The molecule has 2 aliphatic heterocycles. The van der Waals surface area contributed by atoms with E-state index < -0.39 is 0 Å². The molecule has 19 heavy (non-hydrogen) atoms. The van der Waals surface area contributed by atoms with Gasteiger partial charge >= 0.3 is 0 Å². The molecule has 0 radical (unpaired) electrons. The second kappa shape index (κ2) is 6.02. The van der Waals surface area contributed by atoms with Gasteiger partial charge in [-0.05, 0) is 36.6 Å². The van der Waals surface area contributed by atoms with Gasteiger partial charge < -0.3 is 14.5 Å². The summed E-state index contributed by atoms with van der Waals surface area (Å²) < 4.78 is 5.42. The molecule has 0 aromatic heterocycles. The molecular weight excluding hydrogens is 260 g/mol. The summed E-state index contributed by atoms with van der Waals surface area (Å²) in [5, 5.41) is 0. The summed E-state index contributed by atoms with van der Waals surface area (Å²) in [6.07, 6.45) is 2.61. The zero-order chi connectivity index (χ0) is 13.1. The van der Waals surface area contributed by atoms with Gasteiger partial charge in [-0.2, -0.15) is 0 Å². The lowest BCUT2D eigenvalue weighted by Crippen LogP contribution is -2.36. The van der Waals surface area contributed by atoms with Crippen molar-refractivity contribution in [3.63, 3.8) is 0 Å². The van der Waals surface area contributed by atoms with E-state index in [-0.39, 0.29) is 0 Å². The molecule has 0 bridgehead atoms. The monoisotopic (exact) mass is 280 g/mol. The summed E-state index contributed by atoms with van der Waals surface area (Å²) >= 11 is 6.15. The molecule has 3 nitrogen and oxygen atoms in total. The number of hydrogen-bond donors (Lipinski definition) is 0. The van der Waals surface area contributed by atoms with Crippen molar-refractivity contribution in [2.24, 2.45) is 0 Å². The number of ether oxygens (including phenoxy) is 1. The summed E-state index contributed by atoms with van der Waals surface area (Å²) in [6.45, 7) is 5.92. The van der Waals surface area contributed by atoms with E-state index in [1.54, 1.807) is 0 Å². The Morgan fingerprint density at radius 2 is 1.74 bits per heavy atom. The number of nitrogens with zero attached hydrogens (tertiary/aromatic N) is 2. The molecule has 3 rings (SSSR count). The highest BCUT2D eigenvalue weighted by Crippen LogP contribution is 2.29. The molecule has 0 unspecified atom stereocenters. The highest BCUT2D eigenvalue weighted by atomic mass is 35.5. The van der Waals surface area contributed by atoms with Gasteiger partial charge in [-0.25, -0.2) is 0 Å². The van der Waals surface area contributed by atoms with Crippen molar-refractivity contribution in [1.82, 2.24) is 0 Å². The molecule has 2 heterocycles. The summed E-state index contributed by atoms with van der Waals surface area (Å²) in [7, 11) is 0. The lowest BCUT2D eigenvalue weighted by molar-refractivity contribution is 0.122. The van der Waals surface area contributed by atoms with Gasteiger partial charge in [0.1, 0.15) is 0 Å². The molecule has 1 aromatic rings. The smallest absolute Gasteiger partial charge is 0.0642 e. The fourth-order valence-corrected chi connectivity index (χ4v) is 3.18. The average molecular weight is 281 g/mol. The Morgan fingerprint density at radius 3 is 2.42 bits per heavy atom. The van der Waals surface area contributed by atoms with Crippen molar-refractivity contribution in [2.45, 2.75) is 18.7 Å². The highest BCUT2D eigenvalue weighted by molar-refractivity contribution is 6.17. The molecule has 0 aliphatic carbocycles. The first kappa shape index (κ1) is 13.1. The first-order valence-electron chi connectivity index (χ1n) is 7.15. The maximum atomic E-state index is 6.15. The largest absolute Gasteiger partial charge is 0.378 e. The van der Waals surface area contributed by atoms with Crippen LogP contribution in [0.4, 0.5) is 11.4 Å². The second-order valence-corrected chi connectivity index (χ2v) is 5.51. The highest BCUT2D eigenvalue weighted by Gasteiger charge is 2.17. The zero-order valence-electron chi connectivity index (χ0n) is 11.3. The minimum Gasteiger partial charge on any atom is -0.378 e. The van der Waals surface area contributed by atoms with Crippen molar-refractivity contribution < 1.29 is 4.74 Å². The molecule has 0 atom stereocenters. The predicted molar refractivity (Wildman–Crippen MR) is 80.5 cm³/mol. The van der Waals surface area contributed by atoms with Crippen LogP contribution in [0.5, 0.6) is 0 Å². The van der Waals surface area contributed by atoms with Crippen LogP contribution < -0.4 is 9.80 Å². The SMILES string of the molecule is ClCc1cc(N2CCCC2)ccc1N1CCOCC1. The Labute approximate surface area is 120 Å². The van der Waals surface area contributed by atoms with E-state index in [4.69, 9.17) is 16.3 Å². The van der Waals surface area contributed by atoms with E-state index in [0.717, 1.165) is 26.3 Å². The van der Waals surface area contributed by atoms with E-state index in [1.165, 1.54) is 42.9 Å². The van der Waals surface area contributed by atoms with Crippen LogP contribution in [0, 0.1) is 0 Å². The Kier molecular flexibility index (Phi) is 4.14. The van der Waals surface area contributed by atoms with E-state index in [9.17, 15) is 0 Å². The van der Waals surface area contributed by atoms with Gasteiger partial charge in [-0.15, -0.1) is 11.6 Å². The predicted octanol–water partition coefficient (Wildman–Crippen LogP) is 2.86. The molecule has 0 amide bonds. The third-order valence-corrected chi connectivity index (χ3v) is 4.32. The Balaban J connectivity index is 1.83. The van der Waals surface area contributed by atoms with E-state index in [0.29, 0.717) is 5.88 Å². The topological polar surface area (TPSA) is 15.7 Å². The maximum absolute atomic E-state index is 6.15. The van der Waals surface area contributed by atoms with Crippen molar-refractivity contribution in [2.75, 3.05) is 49.2 Å². The Morgan fingerprint density at radius 1 is 1.00 bits per heavy atom. The number of benzene rings is 1. The first-order valence-corrected chi connectivity index (χ1v) is 7.68. The fourth-order valence-electron chi connectivity index (χ4n) is 2.96. The van der Waals surface area contributed by atoms with Crippen LogP contribution in [0.25, 0.3) is 0 Å². The zero-order valence-corrected chi connectivity index (χ0v) is 12.0. The lowest BCUT2D eigenvalue weighted by atomic mass is 10.1. The van der Waals surface area contributed by atoms with Gasteiger partial charge in [0.2, 0.25) is 0 Å². The normalized spacial score (nSPS) is 20.1. The number of hydrogen-bond acceptors (Lipinski definition) is 3. The number of alkyl halides is 1. The van der Waals surface area contributed by atoms with Crippen molar-refractivity contribution in [3.05, 3.63) is 23.8 Å². The molecule has 0 saturated carbocycles. The van der Waals surface area contributed by atoms with Crippen molar-refractivity contribution in [3.8, 4) is 0 Å². The molecule has 0 N–H and O–H groups in total. The van der Waals surface area contributed by atoms with Gasteiger partial charge in [-0.1, -0.05) is 0 Å². The molecule has 0 spiro atoms. The first-order chi connectivity index (χ1) is 9.38. The van der Waals surface area contributed by atoms with E-state index in [1.807, 2.05) is 0 Å². The van der Waals surface area contributed by atoms with E-state index >= 15 is 0 Å². The maximum Gasteiger partial charge on any atom is 0.0642 e. The summed E-state index contributed by atoms with van der Waals surface area (Å²) in [6, 6.07) is 6.74. The third-order valence-electron chi connectivity index (χ3n) is 4.03. The van der Waals surface area contributed by atoms with Crippen LogP contribution in [-0.4, -0.2) is 39.4 Å². The van der Waals surface area contributed by atoms with Gasteiger partial charge in [-0.3, -0.25) is 0 Å². The molecule has 2 aliphatic rings. The minimum atomic E-state index is 0.578.